The number of carbonyl (C=O) groups excluding carboxylic acids is 1. The summed E-state index contributed by atoms with van der Waals surface area (Å²) >= 11 is 0. The maximum Gasteiger partial charge on any atom is 0.276 e. The molecule has 0 heterocycles. The van der Waals surface area contributed by atoms with E-state index in [4.69, 9.17) is 4.74 Å². The molecule has 0 aliphatic carbocycles. The normalized spacial score (nSPS) is 10.5. The predicted octanol–water partition coefficient (Wildman–Crippen LogP) is 3.88. The smallest absolute Gasteiger partial charge is 0.276 e. The SMILES string of the molecule is CN(O)C(=O)c1cccc(COc2cccc3ccccc23)c1. The molecule has 0 aliphatic rings. The van der Waals surface area contributed by atoms with E-state index in [9.17, 15) is 10.0 Å². The lowest BCUT2D eigenvalue weighted by Gasteiger charge is -2.11. The number of ether oxygens (including phenoxy) is 1. The summed E-state index contributed by atoms with van der Waals surface area (Å²) in [4.78, 5) is 11.8. The summed E-state index contributed by atoms with van der Waals surface area (Å²) in [7, 11) is 1.31. The maximum absolute atomic E-state index is 11.8. The Hall–Kier alpha value is -2.85. The average Bonchev–Trinajstić information content (AvgIpc) is 2.59. The Morgan fingerprint density at radius 3 is 2.61 bits per heavy atom. The molecule has 0 saturated heterocycles. The van der Waals surface area contributed by atoms with Crippen molar-refractivity contribution >= 4 is 16.7 Å². The number of amides is 1. The molecular formula is C19H17NO3. The molecule has 3 aromatic rings. The third-order valence-corrected chi connectivity index (χ3v) is 3.61. The quantitative estimate of drug-likeness (QED) is 0.588. The van der Waals surface area contributed by atoms with E-state index in [-0.39, 0.29) is 0 Å². The molecule has 0 aliphatic heterocycles. The molecule has 0 spiro atoms. The number of carbonyl (C=O) groups is 1. The molecular weight excluding hydrogens is 290 g/mol. The Morgan fingerprint density at radius 2 is 1.78 bits per heavy atom. The minimum Gasteiger partial charge on any atom is -0.488 e. The van der Waals surface area contributed by atoms with Gasteiger partial charge in [0.15, 0.2) is 0 Å². The highest BCUT2D eigenvalue weighted by molar-refractivity contribution is 5.93. The van der Waals surface area contributed by atoms with Crippen molar-refractivity contribution in [3.63, 3.8) is 0 Å². The number of rotatable bonds is 4. The Labute approximate surface area is 134 Å². The van der Waals surface area contributed by atoms with Gasteiger partial charge in [0.2, 0.25) is 0 Å². The highest BCUT2D eigenvalue weighted by Crippen LogP contribution is 2.26. The van der Waals surface area contributed by atoms with Crippen molar-refractivity contribution in [1.82, 2.24) is 5.06 Å². The second kappa shape index (κ2) is 6.50. The zero-order valence-corrected chi connectivity index (χ0v) is 12.8. The molecule has 0 fully saturated rings. The van der Waals surface area contributed by atoms with Crippen molar-refractivity contribution < 1.29 is 14.7 Å². The van der Waals surface area contributed by atoms with Gasteiger partial charge in [-0.05, 0) is 29.1 Å². The van der Waals surface area contributed by atoms with E-state index in [1.807, 2.05) is 48.5 Å². The Kier molecular flexibility index (Phi) is 4.26. The number of fused-ring (bicyclic) bond motifs is 1. The zero-order valence-electron chi connectivity index (χ0n) is 12.8. The van der Waals surface area contributed by atoms with Crippen LogP contribution in [0.4, 0.5) is 0 Å². The standard InChI is InChI=1S/C19H17NO3/c1-20(22)19(21)16-9-4-6-14(12-16)13-23-18-11-5-8-15-7-2-3-10-17(15)18/h2-12,22H,13H2,1H3. The monoisotopic (exact) mass is 307 g/mol. The molecule has 1 N–H and O–H groups in total. The van der Waals surface area contributed by atoms with E-state index < -0.39 is 5.91 Å². The van der Waals surface area contributed by atoms with E-state index in [1.54, 1.807) is 18.2 Å². The van der Waals surface area contributed by atoms with Crippen molar-refractivity contribution in [1.29, 1.82) is 0 Å². The van der Waals surface area contributed by atoms with Gasteiger partial charge in [-0.1, -0.05) is 48.5 Å². The topological polar surface area (TPSA) is 49.8 Å². The molecule has 4 heteroatoms. The van der Waals surface area contributed by atoms with Crippen LogP contribution in [-0.4, -0.2) is 23.2 Å². The van der Waals surface area contributed by atoms with Crippen LogP contribution in [0.3, 0.4) is 0 Å². The molecule has 0 saturated carbocycles. The van der Waals surface area contributed by atoms with Crippen LogP contribution in [0.25, 0.3) is 10.8 Å². The lowest BCUT2D eigenvalue weighted by molar-refractivity contribution is -0.0375. The van der Waals surface area contributed by atoms with Gasteiger partial charge in [0.05, 0.1) is 0 Å². The number of nitrogens with zero attached hydrogens (tertiary/aromatic N) is 1. The second-order valence-electron chi connectivity index (χ2n) is 5.30. The first-order chi connectivity index (χ1) is 11.1. The summed E-state index contributed by atoms with van der Waals surface area (Å²) in [6.07, 6.45) is 0. The van der Waals surface area contributed by atoms with Crippen molar-refractivity contribution in [3.05, 3.63) is 77.9 Å². The van der Waals surface area contributed by atoms with Gasteiger partial charge < -0.3 is 4.74 Å². The minimum absolute atomic E-state index is 0.351. The fourth-order valence-corrected chi connectivity index (χ4v) is 2.46. The minimum atomic E-state index is -0.447. The van der Waals surface area contributed by atoms with Crippen molar-refractivity contribution in [2.75, 3.05) is 7.05 Å². The number of hydroxylamine groups is 2. The summed E-state index contributed by atoms with van der Waals surface area (Å²) < 4.78 is 5.91. The van der Waals surface area contributed by atoms with Gasteiger partial charge in [-0.2, -0.15) is 0 Å². The van der Waals surface area contributed by atoms with Crippen LogP contribution >= 0.6 is 0 Å². The molecule has 23 heavy (non-hydrogen) atoms. The third kappa shape index (κ3) is 3.33. The average molecular weight is 307 g/mol. The molecule has 1 amide bonds. The van der Waals surface area contributed by atoms with Crippen LogP contribution in [0.2, 0.25) is 0 Å². The first kappa shape index (κ1) is 15.1. The molecule has 4 nitrogen and oxygen atoms in total. The van der Waals surface area contributed by atoms with Crippen molar-refractivity contribution in [2.24, 2.45) is 0 Å². The van der Waals surface area contributed by atoms with Crippen LogP contribution in [0.5, 0.6) is 5.75 Å². The van der Waals surface area contributed by atoms with Gasteiger partial charge in [-0.15, -0.1) is 0 Å². The van der Waals surface area contributed by atoms with Crippen molar-refractivity contribution in [3.8, 4) is 5.75 Å². The fourth-order valence-electron chi connectivity index (χ4n) is 2.46. The molecule has 0 radical (unpaired) electrons. The number of benzene rings is 3. The Morgan fingerprint density at radius 1 is 1.04 bits per heavy atom. The van der Waals surface area contributed by atoms with Crippen molar-refractivity contribution in [2.45, 2.75) is 6.61 Å². The molecule has 0 aromatic heterocycles. The second-order valence-corrected chi connectivity index (χ2v) is 5.30. The van der Waals surface area contributed by atoms with Crippen LogP contribution in [0, 0.1) is 0 Å². The van der Waals surface area contributed by atoms with E-state index in [0.29, 0.717) is 17.2 Å². The first-order valence-corrected chi connectivity index (χ1v) is 7.31. The van der Waals surface area contributed by atoms with Crippen LogP contribution in [0.15, 0.2) is 66.7 Å². The Bertz CT molecular complexity index is 837. The molecule has 0 bridgehead atoms. The molecule has 0 atom stereocenters. The molecule has 3 rings (SSSR count). The van der Waals surface area contributed by atoms with Gasteiger partial charge in [0.1, 0.15) is 12.4 Å². The highest BCUT2D eigenvalue weighted by atomic mass is 16.5. The van der Waals surface area contributed by atoms with Gasteiger partial charge in [0.25, 0.3) is 5.91 Å². The van der Waals surface area contributed by atoms with E-state index in [2.05, 4.69) is 0 Å². The van der Waals surface area contributed by atoms with E-state index >= 15 is 0 Å². The molecule has 3 aromatic carbocycles. The van der Waals surface area contributed by atoms with E-state index in [0.717, 1.165) is 22.1 Å². The van der Waals surface area contributed by atoms with Crippen LogP contribution in [-0.2, 0) is 6.61 Å². The van der Waals surface area contributed by atoms with Gasteiger partial charge in [0, 0.05) is 18.0 Å². The number of hydrogen-bond acceptors (Lipinski definition) is 3. The van der Waals surface area contributed by atoms with Gasteiger partial charge in [-0.25, -0.2) is 5.06 Å². The molecule has 116 valence electrons. The van der Waals surface area contributed by atoms with E-state index in [1.165, 1.54) is 7.05 Å². The van der Waals surface area contributed by atoms with Crippen LogP contribution in [0.1, 0.15) is 15.9 Å². The summed E-state index contributed by atoms with van der Waals surface area (Å²) in [5.74, 6) is 0.358. The summed E-state index contributed by atoms with van der Waals surface area (Å²) in [5.41, 5.74) is 1.29. The third-order valence-electron chi connectivity index (χ3n) is 3.61. The largest absolute Gasteiger partial charge is 0.488 e. The highest BCUT2D eigenvalue weighted by Gasteiger charge is 2.10. The zero-order chi connectivity index (χ0) is 16.2. The lowest BCUT2D eigenvalue weighted by atomic mass is 10.1. The lowest BCUT2D eigenvalue weighted by Crippen LogP contribution is -2.22. The fraction of sp³-hybridized carbons (Fsp3) is 0.105. The van der Waals surface area contributed by atoms with Crippen LogP contribution < -0.4 is 4.74 Å². The number of hydrogen-bond donors (Lipinski definition) is 1. The maximum atomic E-state index is 11.8. The molecule has 0 unspecified atom stereocenters. The Balaban J connectivity index is 1.80. The predicted molar refractivity (Wildman–Crippen MR) is 88.6 cm³/mol. The summed E-state index contributed by atoms with van der Waals surface area (Å²) in [5, 5.41) is 12.0. The first-order valence-electron chi connectivity index (χ1n) is 7.31. The summed E-state index contributed by atoms with van der Waals surface area (Å²) in [6, 6.07) is 21.0. The van der Waals surface area contributed by atoms with Gasteiger partial charge >= 0.3 is 0 Å². The summed E-state index contributed by atoms with van der Waals surface area (Å²) in [6.45, 7) is 0.351. The van der Waals surface area contributed by atoms with Gasteiger partial charge in [-0.3, -0.25) is 10.0 Å².